The van der Waals surface area contributed by atoms with E-state index in [2.05, 4.69) is 15.6 Å². The van der Waals surface area contributed by atoms with Crippen molar-refractivity contribution in [2.24, 2.45) is 0 Å². The molecule has 0 aliphatic carbocycles. The Morgan fingerprint density at radius 1 is 0.963 bits per heavy atom. The van der Waals surface area contributed by atoms with Gasteiger partial charge in [0.1, 0.15) is 11.3 Å². The number of carbonyl (C=O) groups excluding carboxylic acids is 2. The molecule has 136 valence electrons. The molecule has 6 nitrogen and oxygen atoms in total. The van der Waals surface area contributed by atoms with Crippen LogP contribution in [0.5, 0.6) is 11.6 Å². The Labute approximate surface area is 157 Å². The zero-order chi connectivity index (χ0) is 19.1. The van der Waals surface area contributed by atoms with E-state index in [1.54, 1.807) is 49.6 Å². The summed E-state index contributed by atoms with van der Waals surface area (Å²) in [6.45, 7) is 0.403. The van der Waals surface area contributed by atoms with Crippen LogP contribution in [-0.2, 0) is 6.54 Å². The number of nitrogens with one attached hydrogen (secondary N) is 2. The van der Waals surface area contributed by atoms with Gasteiger partial charge in [-0.3, -0.25) is 9.59 Å². The SMILES string of the molecule is CNC(=O)c1cccc(Oc2ncccc2C(=O)NCc2ccccc2)c1. The normalized spacial score (nSPS) is 10.1. The highest BCUT2D eigenvalue weighted by Crippen LogP contribution is 2.24. The third-order valence-electron chi connectivity index (χ3n) is 3.85. The highest BCUT2D eigenvalue weighted by molar-refractivity contribution is 5.96. The summed E-state index contributed by atoms with van der Waals surface area (Å²) >= 11 is 0. The van der Waals surface area contributed by atoms with Gasteiger partial charge in [0.15, 0.2) is 0 Å². The van der Waals surface area contributed by atoms with Crippen molar-refractivity contribution in [3.05, 3.63) is 89.6 Å². The Morgan fingerprint density at radius 2 is 1.78 bits per heavy atom. The van der Waals surface area contributed by atoms with Gasteiger partial charge in [-0.05, 0) is 35.9 Å². The van der Waals surface area contributed by atoms with Crippen LogP contribution in [0.15, 0.2) is 72.9 Å². The van der Waals surface area contributed by atoms with Crippen molar-refractivity contribution >= 4 is 11.8 Å². The average Bonchev–Trinajstić information content (AvgIpc) is 2.73. The Hall–Kier alpha value is -3.67. The van der Waals surface area contributed by atoms with Crippen molar-refractivity contribution in [2.45, 2.75) is 6.54 Å². The summed E-state index contributed by atoms with van der Waals surface area (Å²) in [7, 11) is 1.56. The van der Waals surface area contributed by atoms with E-state index < -0.39 is 0 Å². The molecule has 0 saturated carbocycles. The highest BCUT2D eigenvalue weighted by Gasteiger charge is 2.15. The van der Waals surface area contributed by atoms with Crippen LogP contribution in [0.25, 0.3) is 0 Å². The average molecular weight is 361 g/mol. The second kappa shape index (κ2) is 8.62. The number of benzene rings is 2. The molecule has 0 aliphatic heterocycles. The molecule has 0 bridgehead atoms. The Bertz CT molecular complexity index is 942. The first-order valence-electron chi connectivity index (χ1n) is 8.44. The molecule has 2 amide bonds. The van der Waals surface area contributed by atoms with E-state index in [0.717, 1.165) is 5.56 Å². The number of hydrogen-bond donors (Lipinski definition) is 2. The van der Waals surface area contributed by atoms with Gasteiger partial charge in [0.05, 0.1) is 0 Å². The van der Waals surface area contributed by atoms with Crippen LogP contribution in [0.3, 0.4) is 0 Å². The molecule has 1 aromatic heterocycles. The summed E-state index contributed by atoms with van der Waals surface area (Å²) in [5, 5.41) is 5.42. The van der Waals surface area contributed by atoms with Gasteiger partial charge in [0.2, 0.25) is 5.88 Å². The van der Waals surface area contributed by atoms with Crippen LogP contribution in [0.4, 0.5) is 0 Å². The van der Waals surface area contributed by atoms with Crippen LogP contribution < -0.4 is 15.4 Å². The number of hydrogen-bond acceptors (Lipinski definition) is 4. The van der Waals surface area contributed by atoms with Gasteiger partial charge < -0.3 is 15.4 Å². The lowest BCUT2D eigenvalue weighted by Gasteiger charge is -2.11. The number of aromatic nitrogens is 1. The topological polar surface area (TPSA) is 80.3 Å². The molecule has 6 heteroatoms. The van der Waals surface area contributed by atoms with Crippen molar-refractivity contribution < 1.29 is 14.3 Å². The summed E-state index contributed by atoms with van der Waals surface area (Å²) in [5.74, 6) is 0.0933. The van der Waals surface area contributed by atoms with E-state index in [1.165, 1.54) is 0 Å². The molecule has 0 unspecified atom stereocenters. The molecule has 2 N–H and O–H groups in total. The van der Waals surface area contributed by atoms with Crippen molar-refractivity contribution in [1.29, 1.82) is 0 Å². The highest BCUT2D eigenvalue weighted by atomic mass is 16.5. The second-order valence-electron chi connectivity index (χ2n) is 5.73. The van der Waals surface area contributed by atoms with Crippen molar-refractivity contribution in [1.82, 2.24) is 15.6 Å². The van der Waals surface area contributed by atoms with Crippen molar-refractivity contribution in [2.75, 3.05) is 7.05 Å². The van der Waals surface area contributed by atoms with E-state index in [4.69, 9.17) is 4.74 Å². The van der Waals surface area contributed by atoms with Gasteiger partial charge in [-0.15, -0.1) is 0 Å². The van der Waals surface area contributed by atoms with Gasteiger partial charge in [-0.1, -0.05) is 36.4 Å². The summed E-state index contributed by atoms with van der Waals surface area (Å²) in [4.78, 5) is 28.5. The molecular weight excluding hydrogens is 342 g/mol. The van der Waals surface area contributed by atoms with Crippen LogP contribution in [-0.4, -0.2) is 23.8 Å². The number of rotatable bonds is 6. The van der Waals surface area contributed by atoms with E-state index in [-0.39, 0.29) is 17.7 Å². The maximum atomic E-state index is 12.6. The minimum atomic E-state index is -0.288. The number of pyridine rings is 1. The summed E-state index contributed by atoms with van der Waals surface area (Å²) in [6.07, 6.45) is 1.55. The summed E-state index contributed by atoms with van der Waals surface area (Å²) < 4.78 is 5.77. The molecule has 27 heavy (non-hydrogen) atoms. The molecule has 0 fully saturated rings. The third-order valence-corrected chi connectivity index (χ3v) is 3.85. The first-order valence-corrected chi connectivity index (χ1v) is 8.44. The van der Waals surface area contributed by atoms with Gasteiger partial charge in [0, 0.05) is 25.4 Å². The Morgan fingerprint density at radius 3 is 2.56 bits per heavy atom. The van der Waals surface area contributed by atoms with E-state index in [1.807, 2.05) is 30.3 Å². The van der Waals surface area contributed by atoms with Crippen LogP contribution in [0.1, 0.15) is 26.3 Å². The molecule has 0 spiro atoms. The molecular formula is C21H19N3O3. The summed E-state index contributed by atoms with van der Waals surface area (Å²) in [5.41, 5.74) is 1.77. The predicted molar refractivity (Wildman–Crippen MR) is 102 cm³/mol. The maximum absolute atomic E-state index is 12.6. The molecule has 0 saturated heterocycles. The van der Waals surface area contributed by atoms with Crippen LogP contribution in [0.2, 0.25) is 0 Å². The smallest absolute Gasteiger partial charge is 0.257 e. The monoisotopic (exact) mass is 361 g/mol. The van der Waals surface area contributed by atoms with Gasteiger partial charge in [-0.2, -0.15) is 0 Å². The van der Waals surface area contributed by atoms with Crippen LogP contribution >= 0.6 is 0 Å². The lowest BCUT2D eigenvalue weighted by Crippen LogP contribution is -2.23. The molecule has 2 aromatic carbocycles. The number of nitrogens with zero attached hydrogens (tertiary/aromatic N) is 1. The third kappa shape index (κ3) is 4.70. The minimum Gasteiger partial charge on any atom is -0.438 e. The summed E-state index contributed by atoms with van der Waals surface area (Å²) in [6, 6.07) is 19.6. The van der Waals surface area contributed by atoms with Gasteiger partial charge in [-0.25, -0.2) is 4.98 Å². The number of amides is 2. The number of carbonyl (C=O) groups is 2. The van der Waals surface area contributed by atoms with Crippen molar-refractivity contribution in [3.63, 3.8) is 0 Å². The van der Waals surface area contributed by atoms with Crippen LogP contribution in [0, 0.1) is 0 Å². The first kappa shape index (κ1) is 18.1. The van der Waals surface area contributed by atoms with E-state index in [0.29, 0.717) is 23.4 Å². The molecule has 1 heterocycles. The van der Waals surface area contributed by atoms with E-state index in [9.17, 15) is 9.59 Å². The lowest BCUT2D eigenvalue weighted by molar-refractivity contribution is 0.0943. The Kier molecular flexibility index (Phi) is 5.79. The largest absolute Gasteiger partial charge is 0.438 e. The molecule has 3 aromatic rings. The molecule has 0 radical (unpaired) electrons. The predicted octanol–water partition coefficient (Wildman–Crippen LogP) is 3.16. The molecule has 0 aliphatic rings. The zero-order valence-corrected chi connectivity index (χ0v) is 14.8. The fraction of sp³-hybridized carbons (Fsp3) is 0.0952. The molecule has 0 atom stereocenters. The van der Waals surface area contributed by atoms with Crippen molar-refractivity contribution in [3.8, 4) is 11.6 Å². The minimum absolute atomic E-state index is 0.178. The quantitative estimate of drug-likeness (QED) is 0.707. The lowest BCUT2D eigenvalue weighted by atomic mass is 10.2. The number of ether oxygens (including phenoxy) is 1. The zero-order valence-electron chi connectivity index (χ0n) is 14.8. The standard InChI is InChI=1S/C21H19N3O3/c1-22-19(25)16-9-5-10-17(13-16)27-21-18(11-6-12-23-21)20(26)24-14-15-7-3-2-4-8-15/h2-13H,14H2,1H3,(H,22,25)(H,24,26). The first-order chi connectivity index (χ1) is 13.2. The van der Waals surface area contributed by atoms with Gasteiger partial charge in [0.25, 0.3) is 11.8 Å². The van der Waals surface area contributed by atoms with Gasteiger partial charge >= 0.3 is 0 Å². The van der Waals surface area contributed by atoms with E-state index >= 15 is 0 Å². The fourth-order valence-corrected chi connectivity index (χ4v) is 2.48. The second-order valence-corrected chi connectivity index (χ2v) is 5.73. The fourth-order valence-electron chi connectivity index (χ4n) is 2.48. The Balaban J connectivity index is 1.76. The maximum Gasteiger partial charge on any atom is 0.257 e. The molecule has 3 rings (SSSR count).